The average molecular weight is 362 g/mol. The fourth-order valence-corrected chi connectivity index (χ4v) is 3.98. The van der Waals surface area contributed by atoms with Crippen LogP contribution in [0.3, 0.4) is 0 Å². The van der Waals surface area contributed by atoms with Gasteiger partial charge in [-0.3, -0.25) is 0 Å². The van der Waals surface area contributed by atoms with Crippen molar-refractivity contribution in [3.8, 4) is 0 Å². The number of rotatable bonds is 18. The van der Waals surface area contributed by atoms with Crippen LogP contribution in [0.5, 0.6) is 0 Å². The van der Waals surface area contributed by atoms with Gasteiger partial charge in [0.2, 0.25) is 0 Å². The Bertz CT molecular complexity index is 380. The molecule has 0 radical (unpaired) electrons. The summed E-state index contributed by atoms with van der Waals surface area (Å²) in [6.45, 7) is 4.59. The molecule has 1 heterocycles. The molecule has 0 aliphatic carbocycles. The summed E-state index contributed by atoms with van der Waals surface area (Å²) < 4.78 is 2.47. The van der Waals surface area contributed by atoms with Gasteiger partial charge in [0.05, 0.1) is 0 Å². The monoisotopic (exact) mass is 361 g/mol. The fraction of sp³-hybridized carbons (Fsp3) is 0.840. The largest absolute Gasteiger partial charge is 0.352 e. The number of hydrogen-bond acceptors (Lipinski definition) is 0. The molecule has 0 aliphatic rings. The van der Waals surface area contributed by atoms with Crippen LogP contribution in [0, 0.1) is 0 Å². The maximum atomic E-state index is 2.47. The van der Waals surface area contributed by atoms with Crippen molar-refractivity contribution < 1.29 is 0 Å². The molecule has 0 saturated carbocycles. The summed E-state index contributed by atoms with van der Waals surface area (Å²) in [5.41, 5.74) is 3.09. The van der Waals surface area contributed by atoms with Gasteiger partial charge in [-0.1, -0.05) is 104 Å². The summed E-state index contributed by atoms with van der Waals surface area (Å²) in [4.78, 5) is 0. The van der Waals surface area contributed by atoms with E-state index in [-0.39, 0.29) is 0 Å². The SMILES string of the molecule is CCCCCCCCCCc1ccc(CCCCCCCCCC)n1C. The zero-order valence-electron chi connectivity index (χ0n) is 18.3. The van der Waals surface area contributed by atoms with E-state index in [0.717, 1.165) is 0 Å². The Labute approximate surface area is 165 Å². The second kappa shape index (κ2) is 16.5. The van der Waals surface area contributed by atoms with Gasteiger partial charge in [-0.25, -0.2) is 0 Å². The van der Waals surface area contributed by atoms with Gasteiger partial charge in [-0.15, -0.1) is 0 Å². The standard InChI is InChI=1S/C25H47N/c1-4-6-8-10-12-14-16-18-20-24-22-23-25(26(24)3)21-19-17-15-13-11-9-7-5-2/h22-23H,4-21H2,1-3H3. The van der Waals surface area contributed by atoms with Crippen LogP contribution in [0.1, 0.15) is 128 Å². The minimum atomic E-state index is 1.27. The van der Waals surface area contributed by atoms with Crippen molar-refractivity contribution in [3.63, 3.8) is 0 Å². The number of hydrogen-bond donors (Lipinski definition) is 0. The smallest absolute Gasteiger partial charge is 0.0174 e. The highest BCUT2D eigenvalue weighted by Crippen LogP contribution is 2.16. The van der Waals surface area contributed by atoms with Gasteiger partial charge in [0.1, 0.15) is 0 Å². The molecule has 152 valence electrons. The van der Waals surface area contributed by atoms with E-state index >= 15 is 0 Å². The number of nitrogens with zero attached hydrogens (tertiary/aromatic N) is 1. The topological polar surface area (TPSA) is 4.93 Å². The maximum Gasteiger partial charge on any atom is 0.0174 e. The highest BCUT2D eigenvalue weighted by atomic mass is 14.9. The molecule has 0 atom stereocenters. The van der Waals surface area contributed by atoms with E-state index in [0.29, 0.717) is 0 Å². The quantitative estimate of drug-likeness (QED) is 0.231. The van der Waals surface area contributed by atoms with E-state index in [2.05, 4.69) is 37.6 Å². The molecule has 1 aromatic heterocycles. The lowest BCUT2D eigenvalue weighted by atomic mass is 10.1. The molecule has 0 aromatic carbocycles. The molecule has 1 aromatic rings. The van der Waals surface area contributed by atoms with Gasteiger partial charge in [0.25, 0.3) is 0 Å². The Morgan fingerprint density at radius 2 is 0.808 bits per heavy atom. The van der Waals surface area contributed by atoms with E-state index in [1.165, 1.54) is 116 Å². The van der Waals surface area contributed by atoms with Gasteiger partial charge < -0.3 is 4.57 Å². The Morgan fingerprint density at radius 1 is 0.500 bits per heavy atom. The summed E-state index contributed by atoms with van der Waals surface area (Å²) in [6.07, 6.45) is 25.1. The Balaban J connectivity index is 2.05. The Hall–Kier alpha value is -0.720. The summed E-state index contributed by atoms with van der Waals surface area (Å²) in [5.74, 6) is 0. The lowest BCUT2D eigenvalue weighted by molar-refractivity contribution is 0.565. The van der Waals surface area contributed by atoms with Gasteiger partial charge in [0.15, 0.2) is 0 Å². The minimum Gasteiger partial charge on any atom is -0.352 e. The molecule has 0 aliphatic heterocycles. The van der Waals surface area contributed by atoms with E-state index in [4.69, 9.17) is 0 Å². The molecule has 26 heavy (non-hydrogen) atoms. The van der Waals surface area contributed by atoms with Gasteiger partial charge in [0, 0.05) is 18.4 Å². The van der Waals surface area contributed by atoms with Crippen molar-refractivity contribution in [2.45, 2.75) is 129 Å². The van der Waals surface area contributed by atoms with Crippen LogP contribution in [0.15, 0.2) is 12.1 Å². The first-order valence-electron chi connectivity index (χ1n) is 11.9. The van der Waals surface area contributed by atoms with E-state index in [1.807, 2.05) is 0 Å². The molecule has 1 nitrogen and oxygen atoms in total. The van der Waals surface area contributed by atoms with Crippen LogP contribution < -0.4 is 0 Å². The number of unbranched alkanes of at least 4 members (excludes halogenated alkanes) is 14. The second-order valence-corrected chi connectivity index (χ2v) is 8.32. The lowest BCUT2D eigenvalue weighted by Crippen LogP contribution is -2.01. The van der Waals surface area contributed by atoms with Crippen molar-refractivity contribution in [2.24, 2.45) is 7.05 Å². The number of aromatic nitrogens is 1. The molecule has 0 saturated heterocycles. The van der Waals surface area contributed by atoms with Crippen LogP contribution >= 0.6 is 0 Å². The lowest BCUT2D eigenvalue weighted by Gasteiger charge is -2.08. The third kappa shape index (κ3) is 11.1. The van der Waals surface area contributed by atoms with Crippen molar-refractivity contribution >= 4 is 0 Å². The minimum absolute atomic E-state index is 1.27. The molecule has 0 unspecified atom stereocenters. The average Bonchev–Trinajstić information content (AvgIpc) is 2.99. The van der Waals surface area contributed by atoms with Crippen molar-refractivity contribution in [1.82, 2.24) is 4.57 Å². The highest BCUT2D eigenvalue weighted by molar-refractivity contribution is 5.16. The molecule has 0 fully saturated rings. The summed E-state index contributed by atoms with van der Waals surface area (Å²) in [5, 5.41) is 0. The summed E-state index contributed by atoms with van der Waals surface area (Å²) >= 11 is 0. The molecule has 1 heteroatoms. The summed E-state index contributed by atoms with van der Waals surface area (Å²) in [6, 6.07) is 4.75. The molecular weight excluding hydrogens is 314 g/mol. The zero-order chi connectivity index (χ0) is 18.9. The Morgan fingerprint density at radius 3 is 1.15 bits per heavy atom. The molecule has 0 amide bonds. The van der Waals surface area contributed by atoms with Crippen molar-refractivity contribution in [2.75, 3.05) is 0 Å². The third-order valence-corrected chi connectivity index (χ3v) is 5.90. The van der Waals surface area contributed by atoms with Crippen LogP contribution in [0.25, 0.3) is 0 Å². The second-order valence-electron chi connectivity index (χ2n) is 8.32. The van der Waals surface area contributed by atoms with Crippen molar-refractivity contribution in [3.05, 3.63) is 23.5 Å². The van der Waals surface area contributed by atoms with E-state index in [9.17, 15) is 0 Å². The molecule has 0 spiro atoms. The normalized spacial score (nSPS) is 11.3. The van der Waals surface area contributed by atoms with E-state index < -0.39 is 0 Å². The predicted molar refractivity (Wildman–Crippen MR) is 118 cm³/mol. The van der Waals surface area contributed by atoms with Gasteiger partial charge in [-0.05, 0) is 37.8 Å². The van der Waals surface area contributed by atoms with Crippen molar-refractivity contribution in [1.29, 1.82) is 0 Å². The number of aryl methyl sites for hydroxylation is 2. The van der Waals surface area contributed by atoms with Crippen LogP contribution in [-0.2, 0) is 19.9 Å². The van der Waals surface area contributed by atoms with Crippen LogP contribution in [-0.4, -0.2) is 4.57 Å². The first kappa shape index (κ1) is 23.3. The molecule has 0 bridgehead atoms. The van der Waals surface area contributed by atoms with Gasteiger partial charge >= 0.3 is 0 Å². The fourth-order valence-electron chi connectivity index (χ4n) is 3.98. The predicted octanol–water partition coefficient (Wildman–Crippen LogP) is 8.39. The molecule has 1 rings (SSSR count). The van der Waals surface area contributed by atoms with Crippen LogP contribution in [0.2, 0.25) is 0 Å². The highest BCUT2D eigenvalue weighted by Gasteiger charge is 2.04. The zero-order valence-corrected chi connectivity index (χ0v) is 18.3. The van der Waals surface area contributed by atoms with Gasteiger partial charge in [-0.2, -0.15) is 0 Å². The maximum absolute atomic E-state index is 2.47. The Kier molecular flexibility index (Phi) is 14.8. The van der Waals surface area contributed by atoms with Crippen LogP contribution in [0.4, 0.5) is 0 Å². The summed E-state index contributed by atoms with van der Waals surface area (Å²) in [7, 11) is 2.28. The first-order chi connectivity index (χ1) is 12.8. The van der Waals surface area contributed by atoms with E-state index in [1.54, 1.807) is 11.4 Å². The molecular formula is C25H47N. The molecule has 0 N–H and O–H groups in total. The third-order valence-electron chi connectivity index (χ3n) is 5.90. The first-order valence-corrected chi connectivity index (χ1v) is 11.9.